The Balaban J connectivity index is 2.16. The van der Waals surface area contributed by atoms with Crippen LogP contribution in [0.15, 0.2) is 6.07 Å². The maximum Gasteiger partial charge on any atom is 0.134 e. The molecule has 4 nitrogen and oxygen atoms in total. The summed E-state index contributed by atoms with van der Waals surface area (Å²) in [5, 5.41) is 3.37. The van der Waals surface area contributed by atoms with E-state index in [9.17, 15) is 0 Å². The van der Waals surface area contributed by atoms with Gasteiger partial charge >= 0.3 is 0 Å². The molecule has 4 heteroatoms. The Morgan fingerprint density at radius 2 is 1.94 bits per heavy atom. The smallest absolute Gasteiger partial charge is 0.134 e. The molecule has 2 heterocycles. The van der Waals surface area contributed by atoms with Crippen LogP contribution in [0.5, 0.6) is 0 Å². The van der Waals surface area contributed by atoms with Crippen LogP contribution >= 0.6 is 0 Å². The molecular formula is C14H24N4. The SMILES string of the molecule is CCCNc1cc(N2CCCCC2)nc(CC)n1. The summed E-state index contributed by atoms with van der Waals surface area (Å²) >= 11 is 0. The highest BCUT2D eigenvalue weighted by atomic mass is 15.2. The Morgan fingerprint density at radius 1 is 1.17 bits per heavy atom. The van der Waals surface area contributed by atoms with Crippen molar-refractivity contribution in [1.82, 2.24) is 9.97 Å². The number of anilines is 2. The minimum absolute atomic E-state index is 0.891. The molecule has 0 spiro atoms. The monoisotopic (exact) mass is 248 g/mol. The fraction of sp³-hybridized carbons (Fsp3) is 0.714. The van der Waals surface area contributed by atoms with Gasteiger partial charge in [-0.25, -0.2) is 9.97 Å². The van der Waals surface area contributed by atoms with E-state index in [1.807, 2.05) is 0 Å². The maximum absolute atomic E-state index is 4.66. The highest BCUT2D eigenvalue weighted by Gasteiger charge is 2.14. The van der Waals surface area contributed by atoms with Gasteiger partial charge in [0.05, 0.1) is 0 Å². The predicted octanol–water partition coefficient (Wildman–Crippen LogP) is 2.85. The minimum atomic E-state index is 0.891. The maximum atomic E-state index is 4.66. The summed E-state index contributed by atoms with van der Waals surface area (Å²) < 4.78 is 0. The highest BCUT2D eigenvalue weighted by molar-refractivity contribution is 5.49. The molecule has 1 N–H and O–H groups in total. The molecule has 18 heavy (non-hydrogen) atoms. The van der Waals surface area contributed by atoms with Crippen molar-refractivity contribution in [3.8, 4) is 0 Å². The molecule has 0 amide bonds. The van der Waals surface area contributed by atoms with Crippen LogP contribution in [0.3, 0.4) is 0 Å². The highest BCUT2D eigenvalue weighted by Crippen LogP contribution is 2.20. The lowest BCUT2D eigenvalue weighted by Gasteiger charge is -2.28. The number of piperidine rings is 1. The van der Waals surface area contributed by atoms with Crippen molar-refractivity contribution in [3.63, 3.8) is 0 Å². The van der Waals surface area contributed by atoms with E-state index in [-0.39, 0.29) is 0 Å². The van der Waals surface area contributed by atoms with Crippen LogP contribution in [-0.2, 0) is 6.42 Å². The van der Waals surface area contributed by atoms with Crippen molar-refractivity contribution in [2.45, 2.75) is 46.0 Å². The van der Waals surface area contributed by atoms with E-state index >= 15 is 0 Å². The van der Waals surface area contributed by atoms with Gasteiger partial charge in [-0.05, 0) is 25.7 Å². The van der Waals surface area contributed by atoms with Crippen LogP contribution in [0.25, 0.3) is 0 Å². The largest absolute Gasteiger partial charge is 0.370 e. The second kappa shape index (κ2) is 6.57. The first-order valence-electron chi connectivity index (χ1n) is 7.20. The average molecular weight is 248 g/mol. The van der Waals surface area contributed by atoms with Crippen LogP contribution in [0.4, 0.5) is 11.6 Å². The van der Waals surface area contributed by atoms with Crippen molar-refractivity contribution in [2.75, 3.05) is 29.9 Å². The molecule has 0 saturated carbocycles. The minimum Gasteiger partial charge on any atom is -0.370 e. The normalized spacial score (nSPS) is 15.8. The van der Waals surface area contributed by atoms with Crippen molar-refractivity contribution < 1.29 is 0 Å². The lowest BCUT2D eigenvalue weighted by atomic mass is 10.1. The Morgan fingerprint density at radius 3 is 2.61 bits per heavy atom. The van der Waals surface area contributed by atoms with E-state index in [4.69, 9.17) is 0 Å². The number of aryl methyl sites for hydroxylation is 1. The summed E-state index contributed by atoms with van der Waals surface area (Å²) in [5.74, 6) is 3.01. The van der Waals surface area contributed by atoms with Gasteiger partial charge in [0.15, 0.2) is 0 Å². The Hall–Kier alpha value is -1.32. The van der Waals surface area contributed by atoms with Crippen molar-refractivity contribution >= 4 is 11.6 Å². The molecule has 1 aliphatic heterocycles. The first-order valence-corrected chi connectivity index (χ1v) is 7.20. The zero-order valence-corrected chi connectivity index (χ0v) is 11.6. The van der Waals surface area contributed by atoms with E-state index in [2.05, 4.69) is 40.1 Å². The van der Waals surface area contributed by atoms with Crippen molar-refractivity contribution in [2.24, 2.45) is 0 Å². The molecule has 100 valence electrons. The van der Waals surface area contributed by atoms with Crippen LogP contribution in [0.1, 0.15) is 45.4 Å². The van der Waals surface area contributed by atoms with Gasteiger partial charge in [0.25, 0.3) is 0 Å². The van der Waals surface area contributed by atoms with Crippen LogP contribution in [0, 0.1) is 0 Å². The third-order valence-corrected chi connectivity index (χ3v) is 3.31. The molecule has 0 atom stereocenters. The van der Waals surface area contributed by atoms with E-state index in [0.29, 0.717) is 0 Å². The van der Waals surface area contributed by atoms with Gasteiger partial charge in [0.1, 0.15) is 17.5 Å². The van der Waals surface area contributed by atoms with Gasteiger partial charge in [-0.3, -0.25) is 0 Å². The molecule has 1 saturated heterocycles. The molecule has 0 bridgehead atoms. The van der Waals surface area contributed by atoms with E-state index in [0.717, 1.165) is 49.9 Å². The topological polar surface area (TPSA) is 41.0 Å². The third kappa shape index (κ3) is 3.34. The summed E-state index contributed by atoms with van der Waals surface area (Å²) in [6.45, 7) is 7.51. The Bertz CT molecular complexity index is 372. The zero-order valence-electron chi connectivity index (χ0n) is 11.6. The van der Waals surface area contributed by atoms with Crippen LogP contribution in [0.2, 0.25) is 0 Å². The third-order valence-electron chi connectivity index (χ3n) is 3.31. The fourth-order valence-corrected chi connectivity index (χ4v) is 2.27. The molecule has 0 aliphatic carbocycles. The fourth-order valence-electron chi connectivity index (χ4n) is 2.27. The zero-order chi connectivity index (χ0) is 12.8. The lowest BCUT2D eigenvalue weighted by molar-refractivity contribution is 0.572. The molecule has 0 aromatic carbocycles. The first kappa shape index (κ1) is 13.1. The van der Waals surface area contributed by atoms with Gasteiger partial charge in [-0.2, -0.15) is 0 Å². The summed E-state index contributed by atoms with van der Waals surface area (Å²) in [7, 11) is 0. The van der Waals surface area contributed by atoms with Gasteiger partial charge in [-0.15, -0.1) is 0 Å². The Labute approximate surface area is 110 Å². The molecule has 2 rings (SSSR count). The molecule has 0 unspecified atom stereocenters. The lowest BCUT2D eigenvalue weighted by Crippen LogP contribution is -2.30. The summed E-state index contributed by atoms with van der Waals surface area (Å²) in [6.07, 6.45) is 5.92. The van der Waals surface area contributed by atoms with Gasteiger partial charge in [-0.1, -0.05) is 13.8 Å². The van der Waals surface area contributed by atoms with Crippen LogP contribution in [-0.4, -0.2) is 29.6 Å². The number of rotatable bonds is 5. The first-order chi connectivity index (χ1) is 8.83. The average Bonchev–Trinajstić information content (AvgIpc) is 2.45. The molecule has 1 aromatic rings. The van der Waals surface area contributed by atoms with Crippen LogP contribution < -0.4 is 10.2 Å². The number of nitrogens with zero attached hydrogens (tertiary/aromatic N) is 3. The summed E-state index contributed by atoms with van der Waals surface area (Å²) in [6, 6.07) is 2.10. The van der Waals surface area contributed by atoms with E-state index in [1.54, 1.807) is 0 Å². The second-order valence-corrected chi connectivity index (χ2v) is 4.86. The molecular weight excluding hydrogens is 224 g/mol. The predicted molar refractivity (Wildman–Crippen MR) is 76.3 cm³/mol. The van der Waals surface area contributed by atoms with E-state index < -0.39 is 0 Å². The number of hydrogen-bond donors (Lipinski definition) is 1. The van der Waals surface area contributed by atoms with Crippen molar-refractivity contribution in [3.05, 3.63) is 11.9 Å². The quantitative estimate of drug-likeness (QED) is 0.870. The number of hydrogen-bond acceptors (Lipinski definition) is 4. The van der Waals surface area contributed by atoms with Crippen molar-refractivity contribution in [1.29, 1.82) is 0 Å². The second-order valence-electron chi connectivity index (χ2n) is 4.86. The molecule has 0 radical (unpaired) electrons. The summed E-state index contributed by atoms with van der Waals surface area (Å²) in [5.41, 5.74) is 0. The number of nitrogens with one attached hydrogen (secondary N) is 1. The molecule has 1 fully saturated rings. The van der Waals surface area contributed by atoms with Gasteiger partial charge in [0.2, 0.25) is 0 Å². The molecule has 1 aromatic heterocycles. The van der Waals surface area contributed by atoms with Gasteiger partial charge in [0, 0.05) is 32.1 Å². The van der Waals surface area contributed by atoms with Gasteiger partial charge < -0.3 is 10.2 Å². The summed E-state index contributed by atoms with van der Waals surface area (Å²) in [4.78, 5) is 11.6. The Kier molecular flexibility index (Phi) is 4.79. The standard InChI is InChI=1S/C14H24N4/c1-3-8-15-13-11-14(17-12(4-2)16-13)18-9-6-5-7-10-18/h11H,3-10H2,1-2H3,(H,15,16,17). The number of aromatic nitrogens is 2. The van der Waals surface area contributed by atoms with E-state index in [1.165, 1.54) is 19.3 Å². The molecule has 1 aliphatic rings.